The molecule has 1 amide bonds. The second-order valence-corrected chi connectivity index (χ2v) is 6.84. The largest absolute Gasteiger partial charge is 0.496 e. The van der Waals surface area contributed by atoms with E-state index in [1.54, 1.807) is 12.0 Å². The molecular weight excluding hydrogens is 290 g/mol. The van der Waals surface area contributed by atoms with E-state index in [2.05, 4.69) is 13.8 Å². The third kappa shape index (κ3) is 5.45. The van der Waals surface area contributed by atoms with Crippen LogP contribution < -0.4 is 4.74 Å². The van der Waals surface area contributed by atoms with Gasteiger partial charge in [-0.25, -0.2) is 4.79 Å². The zero-order valence-corrected chi connectivity index (χ0v) is 15.5. The number of amides is 1. The molecule has 0 aliphatic carbocycles. The highest BCUT2D eigenvalue weighted by molar-refractivity contribution is 5.68. The SMILES string of the molecule is COc1ccccc1[C@H](CC(C)C)OC(=O)N(C(C)C)C(C)C. The normalized spacial score (nSPS) is 12.6. The van der Waals surface area contributed by atoms with Gasteiger partial charge in [0.05, 0.1) is 7.11 Å². The lowest BCUT2D eigenvalue weighted by molar-refractivity contribution is 0.0361. The molecule has 0 radical (unpaired) electrons. The summed E-state index contributed by atoms with van der Waals surface area (Å²) in [5, 5.41) is 0. The molecule has 0 spiro atoms. The van der Waals surface area contributed by atoms with Crippen LogP contribution in [0.4, 0.5) is 4.79 Å². The maximum atomic E-state index is 12.7. The Kier molecular flexibility index (Phi) is 7.40. The number of carbonyl (C=O) groups is 1. The molecule has 0 saturated heterocycles. The molecule has 4 nitrogen and oxygen atoms in total. The van der Waals surface area contributed by atoms with E-state index in [0.29, 0.717) is 5.92 Å². The third-order valence-electron chi connectivity index (χ3n) is 3.74. The van der Waals surface area contributed by atoms with Crippen LogP contribution in [0.1, 0.15) is 59.6 Å². The summed E-state index contributed by atoms with van der Waals surface area (Å²) in [5.41, 5.74) is 0.921. The number of para-hydroxylation sites is 1. The van der Waals surface area contributed by atoms with Crippen LogP contribution in [0, 0.1) is 5.92 Å². The average molecular weight is 321 g/mol. The molecule has 130 valence electrons. The van der Waals surface area contributed by atoms with Crippen LogP contribution in [0.25, 0.3) is 0 Å². The molecule has 0 bridgehead atoms. The molecule has 0 saturated carbocycles. The zero-order valence-electron chi connectivity index (χ0n) is 15.5. The highest BCUT2D eigenvalue weighted by atomic mass is 16.6. The summed E-state index contributed by atoms with van der Waals surface area (Å²) in [6.07, 6.45) is 0.182. The number of rotatable bonds is 7. The molecule has 0 unspecified atom stereocenters. The van der Waals surface area contributed by atoms with Crippen LogP contribution >= 0.6 is 0 Å². The number of benzene rings is 1. The average Bonchev–Trinajstić information content (AvgIpc) is 2.45. The van der Waals surface area contributed by atoms with E-state index < -0.39 is 0 Å². The summed E-state index contributed by atoms with van der Waals surface area (Å²) in [7, 11) is 1.64. The van der Waals surface area contributed by atoms with Crippen molar-refractivity contribution in [1.82, 2.24) is 4.90 Å². The summed E-state index contributed by atoms with van der Waals surface area (Å²) in [6, 6.07) is 7.93. The van der Waals surface area contributed by atoms with Crippen molar-refractivity contribution in [2.75, 3.05) is 7.11 Å². The summed E-state index contributed by atoms with van der Waals surface area (Å²) >= 11 is 0. The van der Waals surface area contributed by atoms with Crippen molar-refractivity contribution >= 4 is 6.09 Å². The summed E-state index contributed by atoms with van der Waals surface area (Å²) in [6.45, 7) is 12.3. The van der Waals surface area contributed by atoms with Gasteiger partial charge in [-0.05, 0) is 46.1 Å². The van der Waals surface area contributed by atoms with Crippen LogP contribution in [0.3, 0.4) is 0 Å². The van der Waals surface area contributed by atoms with Crippen molar-refractivity contribution in [2.24, 2.45) is 5.92 Å². The minimum absolute atomic E-state index is 0.0971. The molecule has 1 aromatic rings. The Labute approximate surface area is 140 Å². The van der Waals surface area contributed by atoms with Crippen LogP contribution in [0.5, 0.6) is 5.75 Å². The summed E-state index contributed by atoms with van der Waals surface area (Å²) < 4.78 is 11.3. The van der Waals surface area contributed by atoms with E-state index in [0.717, 1.165) is 17.7 Å². The minimum atomic E-state index is -0.307. The number of carbonyl (C=O) groups excluding carboxylic acids is 1. The molecular formula is C19H31NO3. The van der Waals surface area contributed by atoms with E-state index in [1.807, 2.05) is 52.0 Å². The van der Waals surface area contributed by atoms with Crippen molar-refractivity contribution < 1.29 is 14.3 Å². The van der Waals surface area contributed by atoms with E-state index >= 15 is 0 Å². The van der Waals surface area contributed by atoms with Crippen LogP contribution in [0.15, 0.2) is 24.3 Å². The Morgan fingerprint density at radius 2 is 1.61 bits per heavy atom. The number of ether oxygens (including phenoxy) is 2. The number of nitrogens with zero attached hydrogens (tertiary/aromatic N) is 1. The molecule has 0 heterocycles. The van der Waals surface area contributed by atoms with Crippen molar-refractivity contribution in [1.29, 1.82) is 0 Å². The predicted molar refractivity (Wildman–Crippen MR) is 93.8 cm³/mol. The van der Waals surface area contributed by atoms with E-state index in [1.165, 1.54) is 0 Å². The number of methoxy groups -OCH3 is 1. The Morgan fingerprint density at radius 1 is 1.04 bits per heavy atom. The highest BCUT2D eigenvalue weighted by Crippen LogP contribution is 2.33. The Morgan fingerprint density at radius 3 is 2.09 bits per heavy atom. The van der Waals surface area contributed by atoms with Gasteiger partial charge in [-0.15, -0.1) is 0 Å². The first kappa shape index (κ1) is 19.3. The fraction of sp³-hybridized carbons (Fsp3) is 0.632. The van der Waals surface area contributed by atoms with E-state index in [-0.39, 0.29) is 24.3 Å². The first-order chi connectivity index (χ1) is 10.8. The Hall–Kier alpha value is -1.71. The molecule has 23 heavy (non-hydrogen) atoms. The zero-order chi connectivity index (χ0) is 17.6. The van der Waals surface area contributed by atoms with Gasteiger partial charge in [0, 0.05) is 17.6 Å². The Bertz CT molecular complexity index is 489. The van der Waals surface area contributed by atoms with Crippen molar-refractivity contribution in [3.63, 3.8) is 0 Å². The van der Waals surface area contributed by atoms with Gasteiger partial charge in [0.2, 0.25) is 0 Å². The lowest BCUT2D eigenvalue weighted by atomic mass is 9.98. The van der Waals surface area contributed by atoms with Crippen LogP contribution in [0.2, 0.25) is 0 Å². The van der Waals surface area contributed by atoms with Gasteiger partial charge >= 0.3 is 6.09 Å². The fourth-order valence-corrected chi connectivity index (χ4v) is 2.80. The maximum Gasteiger partial charge on any atom is 0.410 e. The van der Waals surface area contributed by atoms with E-state index in [4.69, 9.17) is 9.47 Å². The summed E-state index contributed by atoms with van der Waals surface area (Å²) in [4.78, 5) is 14.4. The molecule has 1 atom stereocenters. The first-order valence-electron chi connectivity index (χ1n) is 8.39. The molecule has 0 N–H and O–H groups in total. The standard InChI is InChI=1S/C19H31NO3/c1-13(2)12-18(16-10-8-9-11-17(16)22-7)23-19(21)20(14(3)4)15(5)6/h8-11,13-15,18H,12H2,1-7H3/t18-/m0/s1. The number of hydrogen-bond donors (Lipinski definition) is 0. The van der Waals surface area contributed by atoms with Gasteiger partial charge in [0.25, 0.3) is 0 Å². The highest BCUT2D eigenvalue weighted by Gasteiger charge is 2.27. The second-order valence-electron chi connectivity index (χ2n) is 6.84. The second kappa shape index (κ2) is 8.80. The van der Waals surface area contributed by atoms with Gasteiger partial charge in [0.1, 0.15) is 11.9 Å². The van der Waals surface area contributed by atoms with Gasteiger partial charge < -0.3 is 14.4 Å². The van der Waals surface area contributed by atoms with Gasteiger partial charge in [-0.3, -0.25) is 0 Å². The molecule has 0 aliphatic heterocycles. The van der Waals surface area contributed by atoms with Crippen molar-refractivity contribution in [2.45, 2.75) is 66.2 Å². The molecule has 0 aromatic heterocycles. The maximum absolute atomic E-state index is 12.7. The van der Waals surface area contributed by atoms with Crippen molar-refractivity contribution in [3.8, 4) is 5.75 Å². The smallest absolute Gasteiger partial charge is 0.410 e. The predicted octanol–water partition coefficient (Wildman–Crippen LogP) is 5.04. The van der Waals surface area contributed by atoms with Gasteiger partial charge in [0.15, 0.2) is 0 Å². The molecule has 0 fully saturated rings. The first-order valence-corrected chi connectivity index (χ1v) is 8.39. The minimum Gasteiger partial charge on any atom is -0.496 e. The topological polar surface area (TPSA) is 38.8 Å². The Balaban J connectivity index is 3.05. The third-order valence-corrected chi connectivity index (χ3v) is 3.74. The van der Waals surface area contributed by atoms with Crippen molar-refractivity contribution in [3.05, 3.63) is 29.8 Å². The molecule has 0 aliphatic rings. The van der Waals surface area contributed by atoms with Crippen LogP contribution in [-0.2, 0) is 4.74 Å². The van der Waals surface area contributed by atoms with Gasteiger partial charge in [-0.1, -0.05) is 32.0 Å². The fourth-order valence-electron chi connectivity index (χ4n) is 2.80. The molecule has 1 rings (SSSR count). The number of hydrogen-bond acceptors (Lipinski definition) is 3. The van der Waals surface area contributed by atoms with Gasteiger partial charge in [-0.2, -0.15) is 0 Å². The summed E-state index contributed by atoms with van der Waals surface area (Å²) in [5.74, 6) is 1.16. The van der Waals surface area contributed by atoms with E-state index in [9.17, 15) is 4.79 Å². The lowest BCUT2D eigenvalue weighted by Crippen LogP contribution is -2.42. The molecule has 1 aromatic carbocycles. The lowest BCUT2D eigenvalue weighted by Gasteiger charge is -2.32. The molecule has 4 heteroatoms. The monoisotopic (exact) mass is 321 g/mol. The van der Waals surface area contributed by atoms with Crippen LogP contribution in [-0.4, -0.2) is 30.2 Å². The quantitative estimate of drug-likeness (QED) is 0.706.